The lowest BCUT2D eigenvalue weighted by Gasteiger charge is -2.19. The van der Waals surface area contributed by atoms with Gasteiger partial charge in [-0.05, 0) is 24.6 Å². The molecule has 0 saturated carbocycles. The Kier molecular flexibility index (Phi) is 5.75. The molecule has 0 aliphatic heterocycles. The zero-order chi connectivity index (χ0) is 15.2. The third-order valence-corrected chi connectivity index (χ3v) is 2.75. The van der Waals surface area contributed by atoms with Gasteiger partial charge in [-0.25, -0.2) is 4.39 Å². The van der Waals surface area contributed by atoms with E-state index in [9.17, 15) is 17.6 Å². The standard InChI is InChI=1S/C12H15F4N3O/c13-10-4-2-1-3-8(10)5-6-18-7-9(11(17)19-20)12(14,15)16/h1-4,9,18,20H,5-7H2,(H2,17,19). The predicted molar refractivity (Wildman–Crippen MR) is 65.9 cm³/mol. The van der Waals surface area contributed by atoms with E-state index in [1.807, 2.05) is 0 Å². The fraction of sp³-hybridized carbons (Fsp3) is 0.417. The molecule has 0 radical (unpaired) electrons. The monoisotopic (exact) mass is 293 g/mol. The van der Waals surface area contributed by atoms with E-state index in [2.05, 4.69) is 10.5 Å². The van der Waals surface area contributed by atoms with Gasteiger partial charge in [-0.3, -0.25) is 0 Å². The molecule has 1 aromatic rings. The van der Waals surface area contributed by atoms with Crippen LogP contribution in [0.15, 0.2) is 29.4 Å². The lowest BCUT2D eigenvalue weighted by atomic mass is 10.1. The van der Waals surface area contributed by atoms with Crippen LogP contribution in [0.4, 0.5) is 17.6 Å². The number of benzene rings is 1. The minimum Gasteiger partial charge on any atom is -0.409 e. The van der Waals surface area contributed by atoms with Gasteiger partial charge in [0.25, 0.3) is 0 Å². The molecule has 112 valence electrons. The summed E-state index contributed by atoms with van der Waals surface area (Å²) in [5.41, 5.74) is 5.41. The van der Waals surface area contributed by atoms with E-state index in [-0.39, 0.29) is 13.0 Å². The molecule has 0 saturated heterocycles. The van der Waals surface area contributed by atoms with Gasteiger partial charge >= 0.3 is 6.18 Å². The molecule has 0 amide bonds. The van der Waals surface area contributed by atoms with E-state index in [1.165, 1.54) is 12.1 Å². The number of amidine groups is 1. The highest BCUT2D eigenvalue weighted by Crippen LogP contribution is 2.25. The smallest absolute Gasteiger partial charge is 0.400 e. The second kappa shape index (κ2) is 7.09. The lowest BCUT2D eigenvalue weighted by Crippen LogP contribution is -2.43. The Labute approximate surface area is 113 Å². The van der Waals surface area contributed by atoms with Crippen molar-refractivity contribution in [1.29, 1.82) is 0 Å². The molecule has 0 aliphatic rings. The van der Waals surface area contributed by atoms with E-state index >= 15 is 0 Å². The minimum absolute atomic E-state index is 0.145. The van der Waals surface area contributed by atoms with Crippen molar-refractivity contribution >= 4 is 5.84 Å². The Morgan fingerprint density at radius 1 is 1.35 bits per heavy atom. The van der Waals surface area contributed by atoms with Crippen LogP contribution in [0.3, 0.4) is 0 Å². The fourth-order valence-corrected chi connectivity index (χ4v) is 1.63. The van der Waals surface area contributed by atoms with Crippen molar-refractivity contribution in [3.8, 4) is 0 Å². The zero-order valence-electron chi connectivity index (χ0n) is 10.5. The van der Waals surface area contributed by atoms with E-state index in [1.54, 1.807) is 12.1 Å². The predicted octanol–water partition coefficient (Wildman–Crippen LogP) is 1.88. The summed E-state index contributed by atoms with van der Waals surface area (Å²) < 4.78 is 51.1. The first-order chi connectivity index (χ1) is 9.36. The van der Waals surface area contributed by atoms with Crippen LogP contribution in [-0.4, -0.2) is 30.3 Å². The number of alkyl halides is 3. The zero-order valence-corrected chi connectivity index (χ0v) is 10.5. The molecule has 4 N–H and O–H groups in total. The van der Waals surface area contributed by atoms with Gasteiger partial charge in [0.15, 0.2) is 5.84 Å². The van der Waals surface area contributed by atoms with Gasteiger partial charge in [0.05, 0.1) is 0 Å². The Morgan fingerprint density at radius 2 is 2.00 bits per heavy atom. The van der Waals surface area contributed by atoms with E-state index in [0.29, 0.717) is 5.56 Å². The van der Waals surface area contributed by atoms with Crippen molar-refractivity contribution in [2.45, 2.75) is 12.6 Å². The Hall–Kier alpha value is -1.83. The quantitative estimate of drug-likeness (QED) is 0.187. The van der Waals surface area contributed by atoms with Crippen LogP contribution in [0.2, 0.25) is 0 Å². The molecule has 1 atom stereocenters. The van der Waals surface area contributed by atoms with Crippen LogP contribution < -0.4 is 11.1 Å². The van der Waals surface area contributed by atoms with Crippen molar-refractivity contribution in [2.75, 3.05) is 13.1 Å². The normalized spacial score (nSPS) is 14.3. The average molecular weight is 293 g/mol. The largest absolute Gasteiger partial charge is 0.409 e. The molecular formula is C12H15F4N3O. The Balaban J connectivity index is 2.48. The van der Waals surface area contributed by atoms with Gasteiger partial charge in [0, 0.05) is 6.54 Å². The maximum absolute atomic E-state index is 13.3. The molecule has 4 nitrogen and oxygen atoms in total. The first-order valence-electron chi connectivity index (χ1n) is 5.84. The first-order valence-corrected chi connectivity index (χ1v) is 5.84. The molecule has 20 heavy (non-hydrogen) atoms. The van der Waals surface area contributed by atoms with E-state index in [0.717, 1.165) is 0 Å². The Morgan fingerprint density at radius 3 is 2.55 bits per heavy atom. The summed E-state index contributed by atoms with van der Waals surface area (Å²) in [4.78, 5) is 0. The van der Waals surface area contributed by atoms with Gasteiger partial charge in [-0.1, -0.05) is 23.4 Å². The first kappa shape index (κ1) is 16.2. The molecule has 0 aromatic heterocycles. The average Bonchev–Trinajstić information content (AvgIpc) is 2.38. The van der Waals surface area contributed by atoms with Crippen LogP contribution >= 0.6 is 0 Å². The number of oxime groups is 1. The summed E-state index contributed by atoms with van der Waals surface area (Å²) in [6.07, 6.45) is -4.37. The van der Waals surface area contributed by atoms with Crippen LogP contribution in [-0.2, 0) is 6.42 Å². The lowest BCUT2D eigenvalue weighted by molar-refractivity contribution is -0.154. The number of nitrogens with two attached hydrogens (primary N) is 1. The fourth-order valence-electron chi connectivity index (χ4n) is 1.63. The summed E-state index contributed by atoms with van der Waals surface area (Å²) in [6, 6.07) is 6.02. The number of hydrogen-bond donors (Lipinski definition) is 3. The summed E-state index contributed by atoms with van der Waals surface area (Å²) in [6.45, 7) is -0.389. The molecular weight excluding hydrogens is 278 g/mol. The summed E-state index contributed by atoms with van der Waals surface area (Å²) in [5, 5.41) is 13.2. The van der Waals surface area contributed by atoms with Crippen molar-refractivity contribution in [2.24, 2.45) is 16.8 Å². The molecule has 8 heteroatoms. The van der Waals surface area contributed by atoms with Crippen molar-refractivity contribution in [1.82, 2.24) is 5.32 Å². The molecule has 0 aliphatic carbocycles. The summed E-state index contributed by atoms with van der Waals surface area (Å²) in [7, 11) is 0. The van der Waals surface area contributed by atoms with Gasteiger partial charge < -0.3 is 16.3 Å². The van der Waals surface area contributed by atoms with Crippen LogP contribution in [0.5, 0.6) is 0 Å². The summed E-state index contributed by atoms with van der Waals surface area (Å²) >= 11 is 0. The van der Waals surface area contributed by atoms with E-state index in [4.69, 9.17) is 10.9 Å². The molecule has 1 aromatic carbocycles. The minimum atomic E-state index is -4.61. The number of hydrogen-bond acceptors (Lipinski definition) is 3. The second-order valence-corrected chi connectivity index (χ2v) is 4.16. The highest BCUT2D eigenvalue weighted by atomic mass is 19.4. The topological polar surface area (TPSA) is 70.6 Å². The van der Waals surface area contributed by atoms with Crippen LogP contribution in [0.25, 0.3) is 0 Å². The number of nitrogens with one attached hydrogen (secondary N) is 1. The maximum atomic E-state index is 13.3. The van der Waals surface area contributed by atoms with Gasteiger partial charge in [0.1, 0.15) is 11.7 Å². The molecule has 0 bridgehead atoms. The SMILES string of the molecule is N/C(=N/O)C(CNCCc1ccccc1F)C(F)(F)F. The van der Waals surface area contributed by atoms with Gasteiger partial charge in [-0.2, -0.15) is 13.2 Å². The number of nitrogens with zero attached hydrogens (tertiary/aromatic N) is 1. The molecule has 0 heterocycles. The second-order valence-electron chi connectivity index (χ2n) is 4.16. The van der Waals surface area contributed by atoms with Crippen LogP contribution in [0, 0.1) is 11.7 Å². The number of halogens is 4. The third kappa shape index (κ3) is 4.69. The molecule has 1 rings (SSSR count). The highest BCUT2D eigenvalue weighted by molar-refractivity contribution is 5.83. The van der Waals surface area contributed by atoms with Gasteiger partial charge in [0.2, 0.25) is 0 Å². The summed E-state index contributed by atoms with van der Waals surface area (Å²) in [5.74, 6) is -3.39. The highest BCUT2D eigenvalue weighted by Gasteiger charge is 2.42. The Bertz CT molecular complexity index is 462. The van der Waals surface area contributed by atoms with Crippen molar-refractivity contribution in [3.63, 3.8) is 0 Å². The number of rotatable bonds is 6. The molecule has 1 unspecified atom stereocenters. The van der Waals surface area contributed by atoms with Crippen molar-refractivity contribution < 1.29 is 22.8 Å². The van der Waals surface area contributed by atoms with Gasteiger partial charge in [-0.15, -0.1) is 0 Å². The maximum Gasteiger partial charge on any atom is 0.400 e. The van der Waals surface area contributed by atoms with E-state index < -0.39 is 30.3 Å². The molecule has 0 spiro atoms. The van der Waals surface area contributed by atoms with Crippen LogP contribution in [0.1, 0.15) is 5.56 Å². The molecule has 0 fully saturated rings. The third-order valence-electron chi connectivity index (χ3n) is 2.75. The van der Waals surface area contributed by atoms with Crippen molar-refractivity contribution in [3.05, 3.63) is 35.6 Å².